The molecule has 0 aromatic rings. The van der Waals surface area contributed by atoms with Crippen molar-refractivity contribution in [3.63, 3.8) is 0 Å². The summed E-state index contributed by atoms with van der Waals surface area (Å²) in [6, 6.07) is 0.678. The fraction of sp³-hybridized carbons (Fsp3) is 0.733. The van der Waals surface area contributed by atoms with Crippen molar-refractivity contribution in [3.05, 3.63) is 24.9 Å². The van der Waals surface area contributed by atoms with E-state index in [9.17, 15) is 0 Å². The summed E-state index contributed by atoms with van der Waals surface area (Å²) in [5.41, 5.74) is 0. The number of hydrogen-bond acceptors (Lipinski definition) is 1. The van der Waals surface area contributed by atoms with E-state index in [1.54, 1.807) is 0 Å². The van der Waals surface area contributed by atoms with E-state index in [-0.39, 0.29) is 0 Å². The summed E-state index contributed by atoms with van der Waals surface area (Å²) in [4.78, 5) is 0. The van der Waals surface area contributed by atoms with Crippen molar-refractivity contribution >= 4 is 0 Å². The first-order valence-corrected chi connectivity index (χ1v) is 6.83. The van der Waals surface area contributed by atoms with Gasteiger partial charge in [-0.25, -0.2) is 0 Å². The zero-order valence-corrected chi connectivity index (χ0v) is 10.5. The van der Waals surface area contributed by atoms with Crippen molar-refractivity contribution in [3.8, 4) is 0 Å². The molecule has 1 nitrogen and oxygen atoms in total. The maximum absolute atomic E-state index is 3.83. The first-order chi connectivity index (χ1) is 7.81. The quantitative estimate of drug-likeness (QED) is 0.710. The lowest BCUT2D eigenvalue weighted by Gasteiger charge is -2.40. The second kappa shape index (κ2) is 5.56. The van der Waals surface area contributed by atoms with Crippen molar-refractivity contribution in [2.24, 2.45) is 17.8 Å². The zero-order valence-electron chi connectivity index (χ0n) is 10.5. The summed E-state index contributed by atoms with van der Waals surface area (Å²) in [6.07, 6.45) is 14.8. The molecule has 0 heterocycles. The Kier molecular flexibility index (Phi) is 4.09. The van der Waals surface area contributed by atoms with Crippen molar-refractivity contribution in [1.29, 1.82) is 0 Å². The van der Waals surface area contributed by atoms with Crippen LogP contribution in [0.25, 0.3) is 0 Å². The van der Waals surface area contributed by atoms with Crippen LogP contribution in [0, 0.1) is 17.8 Å². The van der Waals surface area contributed by atoms with Crippen LogP contribution in [0.1, 0.15) is 45.4 Å². The Labute approximate surface area is 100 Å². The van der Waals surface area contributed by atoms with Crippen LogP contribution in [0.4, 0.5) is 0 Å². The van der Waals surface area contributed by atoms with Gasteiger partial charge in [0.1, 0.15) is 0 Å². The normalized spacial score (nSPS) is 39.3. The fourth-order valence-corrected chi connectivity index (χ4v) is 3.52. The maximum atomic E-state index is 3.83. The molecule has 0 aromatic carbocycles. The van der Waals surface area contributed by atoms with Crippen molar-refractivity contribution in [2.75, 3.05) is 0 Å². The first-order valence-electron chi connectivity index (χ1n) is 6.83. The second-order valence-electron chi connectivity index (χ2n) is 5.60. The van der Waals surface area contributed by atoms with Crippen LogP contribution in [0.2, 0.25) is 0 Å². The topological polar surface area (TPSA) is 12.0 Å². The highest BCUT2D eigenvalue weighted by molar-refractivity contribution is 4.97. The van der Waals surface area contributed by atoms with Gasteiger partial charge in [-0.15, -0.1) is 0 Å². The number of hydrogen-bond donors (Lipinski definition) is 1. The first kappa shape index (κ1) is 11.8. The van der Waals surface area contributed by atoms with Crippen LogP contribution < -0.4 is 5.32 Å². The Morgan fingerprint density at radius 2 is 2.12 bits per heavy atom. The standard InChI is InChI=1S/C15H25N/c1-3-16-15-11-12(2)9-10-14(15)13-7-5-4-6-8-13/h3-5,12-16H,1,6-11H2,2H3. The molecule has 0 aromatic heterocycles. The Hall–Kier alpha value is -0.720. The lowest BCUT2D eigenvalue weighted by molar-refractivity contribution is 0.156. The van der Waals surface area contributed by atoms with E-state index in [0.717, 1.165) is 17.8 Å². The van der Waals surface area contributed by atoms with Crippen LogP contribution in [-0.4, -0.2) is 6.04 Å². The van der Waals surface area contributed by atoms with Gasteiger partial charge in [0.25, 0.3) is 0 Å². The molecular formula is C15H25N. The molecule has 0 aliphatic heterocycles. The molecule has 2 rings (SSSR count). The van der Waals surface area contributed by atoms with Gasteiger partial charge in [-0.05, 0) is 56.1 Å². The predicted molar refractivity (Wildman–Crippen MR) is 70.1 cm³/mol. The van der Waals surface area contributed by atoms with E-state index >= 15 is 0 Å². The van der Waals surface area contributed by atoms with E-state index in [0.29, 0.717) is 6.04 Å². The average Bonchev–Trinajstić information content (AvgIpc) is 2.31. The third-order valence-corrected chi connectivity index (χ3v) is 4.41. The number of nitrogens with one attached hydrogen (secondary N) is 1. The minimum atomic E-state index is 0.678. The van der Waals surface area contributed by atoms with Gasteiger partial charge in [-0.3, -0.25) is 0 Å². The van der Waals surface area contributed by atoms with E-state index in [4.69, 9.17) is 0 Å². The van der Waals surface area contributed by atoms with Crippen molar-refractivity contribution in [1.82, 2.24) is 5.32 Å². The second-order valence-corrected chi connectivity index (χ2v) is 5.60. The molecule has 2 aliphatic carbocycles. The Balaban J connectivity index is 1.99. The molecule has 4 unspecified atom stereocenters. The summed E-state index contributed by atoms with van der Waals surface area (Å²) in [7, 11) is 0. The summed E-state index contributed by atoms with van der Waals surface area (Å²) >= 11 is 0. The van der Waals surface area contributed by atoms with Gasteiger partial charge >= 0.3 is 0 Å². The Morgan fingerprint density at radius 1 is 1.25 bits per heavy atom. The molecule has 90 valence electrons. The molecule has 0 saturated heterocycles. The van der Waals surface area contributed by atoms with Gasteiger partial charge < -0.3 is 5.32 Å². The molecule has 4 atom stereocenters. The third-order valence-electron chi connectivity index (χ3n) is 4.41. The molecule has 2 aliphatic rings. The van der Waals surface area contributed by atoms with E-state index in [1.807, 2.05) is 6.20 Å². The largest absolute Gasteiger partial charge is 0.388 e. The van der Waals surface area contributed by atoms with Crippen LogP contribution in [0.15, 0.2) is 24.9 Å². The van der Waals surface area contributed by atoms with Crippen molar-refractivity contribution < 1.29 is 0 Å². The Morgan fingerprint density at radius 3 is 2.81 bits per heavy atom. The predicted octanol–water partition coefficient (Wildman–Crippen LogP) is 3.88. The molecule has 1 saturated carbocycles. The SMILES string of the molecule is C=CNC1CC(C)CCC1C1CC=CCC1. The molecule has 1 heteroatoms. The highest BCUT2D eigenvalue weighted by atomic mass is 14.9. The van der Waals surface area contributed by atoms with E-state index < -0.39 is 0 Å². The van der Waals surface area contributed by atoms with Gasteiger partial charge in [0.2, 0.25) is 0 Å². The van der Waals surface area contributed by atoms with E-state index in [2.05, 4.69) is 31.0 Å². The highest BCUT2D eigenvalue weighted by Crippen LogP contribution is 2.38. The average molecular weight is 219 g/mol. The Bertz CT molecular complexity index is 256. The van der Waals surface area contributed by atoms with Gasteiger partial charge in [-0.2, -0.15) is 0 Å². The summed E-state index contributed by atoms with van der Waals surface area (Å²) in [5, 5.41) is 3.50. The summed E-state index contributed by atoms with van der Waals surface area (Å²) in [6.45, 7) is 6.22. The third kappa shape index (κ3) is 2.69. The molecule has 16 heavy (non-hydrogen) atoms. The van der Waals surface area contributed by atoms with Crippen LogP contribution in [0.3, 0.4) is 0 Å². The minimum Gasteiger partial charge on any atom is -0.388 e. The van der Waals surface area contributed by atoms with Gasteiger partial charge in [-0.1, -0.05) is 32.1 Å². The molecule has 1 N–H and O–H groups in total. The molecule has 0 bridgehead atoms. The van der Waals surface area contributed by atoms with Crippen LogP contribution in [0.5, 0.6) is 0 Å². The number of rotatable bonds is 3. The molecule has 0 radical (unpaired) electrons. The molecule has 0 amide bonds. The zero-order chi connectivity index (χ0) is 11.4. The monoisotopic (exact) mass is 219 g/mol. The van der Waals surface area contributed by atoms with E-state index in [1.165, 1.54) is 38.5 Å². The van der Waals surface area contributed by atoms with Crippen molar-refractivity contribution in [2.45, 2.75) is 51.5 Å². The molecule has 1 fully saturated rings. The van der Waals surface area contributed by atoms with Gasteiger partial charge in [0.05, 0.1) is 0 Å². The lowest BCUT2D eigenvalue weighted by atomic mass is 9.70. The molecular weight excluding hydrogens is 194 g/mol. The fourth-order valence-electron chi connectivity index (χ4n) is 3.52. The maximum Gasteiger partial charge on any atom is 0.0289 e. The van der Waals surface area contributed by atoms with Gasteiger partial charge in [0.15, 0.2) is 0 Å². The smallest absolute Gasteiger partial charge is 0.0289 e. The highest BCUT2D eigenvalue weighted by Gasteiger charge is 2.33. The summed E-state index contributed by atoms with van der Waals surface area (Å²) < 4.78 is 0. The number of allylic oxidation sites excluding steroid dienone is 2. The van der Waals surface area contributed by atoms with Crippen LogP contribution in [-0.2, 0) is 0 Å². The minimum absolute atomic E-state index is 0.678. The van der Waals surface area contributed by atoms with Crippen LogP contribution >= 0.6 is 0 Å². The molecule has 0 spiro atoms. The summed E-state index contributed by atoms with van der Waals surface area (Å²) in [5.74, 6) is 2.67. The lowest BCUT2D eigenvalue weighted by Crippen LogP contribution is -2.41. The van der Waals surface area contributed by atoms with Gasteiger partial charge in [0, 0.05) is 6.04 Å².